The largest absolute Gasteiger partial charge is 0.416 e. The van der Waals surface area contributed by atoms with Crippen LogP contribution in [0.4, 0.5) is 26.3 Å². The Hall–Kier alpha value is -8.83. The van der Waals surface area contributed by atoms with Crippen LogP contribution in [0.25, 0.3) is 117 Å². The number of nitrogens with zero attached hydrogens (tertiary/aromatic N) is 5. The van der Waals surface area contributed by atoms with Crippen LogP contribution in [0, 0.1) is 0 Å². The van der Waals surface area contributed by atoms with E-state index in [2.05, 4.69) is 81.9 Å². The van der Waals surface area contributed by atoms with Crippen molar-refractivity contribution in [3.05, 3.63) is 217 Å². The van der Waals surface area contributed by atoms with Crippen LogP contribution in [0.3, 0.4) is 0 Å². The van der Waals surface area contributed by atoms with Gasteiger partial charge in [-0.3, -0.25) is 9.13 Å². The van der Waals surface area contributed by atoms with Gasteiger partial charge in [0.05, 0.1) is 49.7 Å². The zero-order chi connectivity index (χ0) is 48.6. The summed E-state index contributed by atoms with van der Waals surface area (Å²) in [6.45, 7) is 0. The summed E-state index contributed by atoms with van der Waals surface area (Å²) in [7, 11) is 0. The smallest absolute Gasteiger partial charge is 0.313 e. The number of para-hydroxylation sites is 5. The Balaban J connectivity index is 1.04. The topological polar surface area (TPSA) is 32.6 Å². The van der Waals surface area contributed by atoms with Gasteiger partial charge in [-0.2, -0.15) is 26.3 Å². The molecule has 72 heavy (non-hydrogen) atoms. The molecule has 14 rings (SSSR count). The van der Waals surface area contributed by atoms with E-state index in [1.165, 1.54) is 11.3 Å². The van der Waals surface area contributed by atoms with E-state index in [-0.39, 0.29) is 17.2 Å². The highest BCUT2D eigenvalue weighted by molar-refractivity contribution is 6.13. The highest BCUT2D eigenvalue weighted by Crippen LogP contribution is 2.43. The second-order valence-corrected chi connectivity index (χ2v) is 18.5. The Bertz CT molecular complexity index is 4360. The number of aromatic nitrogens is 5. The Morgan fingerprint density at radius 3 is 1.24 bits per heavy atom. The van der Waals surface area contributed by atoms with Gasteiger partial charge in [0.25, 0.3) is 0 Å². The molecule has 5 heterocycles. The van der Waals surface area contributed by atoms with Gasteiger partial charge < -0.3 is 9.13 Å². The molecule has 0 radical (unpaired) electrons. The third kappa shape index (κ3) is 6.32. The van der Waals surface area contributed by atoms with E-state index in [1.54, 1.807) is 12.1 Å². The van der Waals surface area contributed by atoms with Crippen LogP contribution in [0.1, 0.15) is 28.8 Å². The first kappa shape index (κ1) is 42.1. The average Bonchev–Trinajstić information content (AvgIpc) is 4.13. The van der Waals surface area contributed by atoms with Gasteiger partial charge in [0.1, 0.15) is 11.6 Å². The summed E-state index contributed by atoms with van der Waals surface area (Å²) in [6, 6.07) is 57.9. The molecule has 348 valence electrons. The standard InChI is InChI=1S/C61H37F6N5/c62-60(63,64)38-29-36(30-39(33-38)61(65,66)67)37-31-58(71-54-23-11-5-17-46(54)48-34-40(25-27-56(48)71)69-50-19-7-1-13-42(50)43-14-2-8-20-51(43)69)68-59(32-37)72-55-24-12-6-18-47(55)49-35-41(26-28-57(49)72)70-52-21-9-3-15-44(52)45-16-4-10-22-53(45)70/h1-9,11-21,23-35H,10,22H2. The second-order valence-electron chi connectivity index (χ2n) is 18.5. The number of benzene rings is 8. The van der Waals surface area contributed by atoms with Crippen molar-refractivity contribution in [1.29, 1.82) is 0 Å². The summed E-state index contributed by atoms with van der Waals surface area (Å²) in [5.41, 5.74) is 7.57. The summed E-state index contributed by atoms with van der Waals surface area (Å²) >= 11 is 0. The molecule has 0 atom stereocenters. The van der Waals surface area contributed by atoms with E-state index in [1.807, 2.05) is 106 Å². The SMILES string of the molecule is FC(F)(F)c1cc(-c2cc(-n3c4ccccc4c4cc(-n5c6c(c7ccccc75)C=CCC6)ccc43)nc(-n3c4ccccc4c4cc(-n5c6ccccc6c6ccccc65)ccc43)c2)cc(C(F)(F)F)c1. The monoisotopic (exact) mass is 953 g/mol. The predicted molar refractivity (Wildman–Crippen MR) is 277 cm³/mol. The van der Waals surface area contributed by atoms with Gasteiger partial charge in [-0.15, -0.1) is 0 Å². The summed E-state index contributed by atoms with van der Waals surface area (Å²) in [4.78, 5) is 5.38. The number of allylic oxidation sites excluding steroid dienone is 1. The third-order valence-corrected chi connectivity index (χ3v) is 14.4. The minimum atomic E-state index is -5.05. The highest BCUT2D eigenvalue weighted by atomic mass is 19.4. The van der Waals surface area contributed by atoms with E-state index < -0.39 is 23.5 Å². The van der Waals surface area contributed by atoms with Crippen LogP contribution >= 0.6 is 0 Å². The number of pyridine rings is 1. The van der Waals surface area contributed by atoms with Crippen LogP contribution in [0.5, 0.6) is 0 Å². The molecule has 0 fully saturated rings. The maximum Gasteiger partial charge on any atom is 0.416 e. The van der Waals surface area contributed by atoms with E-state index in [4.69, 9.17) is 4.98 Å². The van der Waals surface area contributed by atoms with Crippen LogP contribution in [0.2, 0.25) is 0 Å². The first-order chi connectivity index (χ1) is 35.0. The highest BCUT2D eigenvalue weighted by Gasteiger charge is 2.37. The van der Waals surface area contributed by atoms with E-state index in [9.17, 15) is 26.3 Å². The molecular weight excluding hydrogens is 917 g/mol. The van der Waals surface area contributed by atoms with Crippen LogP contribution in [-0.2, 0) is 18.8 Å². The molecule has 5 aromatic heterocycles. The molecular formula is C61H37F6N5. The van der Waals surface area contributed by atoms with Crippen LogP contribution in [-0.4, -0.2) is 23.3 Å². The van der Waals surface area contributed by atoms with Gasteiger partial charge in [0.15, 0.2) is 0 Å². The molecule has 0 unspecified atom stereocenters. The van der Waals surface area contributed by atoms with Gasteiger partial charge in [-0.1, -0.05) is 103 Å². The number of alkyl halides is 6. The summed E-state index contributed by atoms with van der Waals surface area (Å²) in [5, 5.41) is 6.98. The van der Waals surface area contributed by atoms with Crippen molar-refractivity contribution < 1.29 is 26.3 Å². The third-order valence-electron chi connectivity index (χ3n) is 14.4. The van der Waals surface area contributed by atoms with E-state index >= 15 is 0 Å². The number of hydrogen-bond donors (Lipinski definition) is 0. The van der Waals surface area contributed by atoms with Crippen molar-refractivity contribution >= 4 is 82.4 Å². The maximum absolute atomic E-state index is 14.6. The van der Waals surface area contributed by atoms with Crippen molar-refractivity contribution in [2.75, 3.05) is 0 Å². The lowest BCUT2D eigenvalue weighted by Gasteiger charge is -2.17. The minimum absolute atomic E-state index is 0.125. The Morgan fingerprint density at radius 2 is 0.750 bits per heavy atom. The summed E-state index contributed by atoms with van der Waals surface area (Å²) < 4.78 is 95.9. The first-order valence-corrected chi connectivity index (χ1v) is 23.6. The fraction of sp³-hybridized carbons (Fsp3) is 0.0656. The number of rotatable bonds is 5. The molecule has 0 saturated carbocycles. The Labute approximate surface area is 406 Å². The lowest BCUT2D eigenvalue weighted by Crippen LogP contribution is -2.11. The predicted octanol–water partition coefficient (Wildman–Crippen LogP) is 17.0. The Kier molecular flexibility index (Phi) is 8.96. The van der Waals surface area contributed by atoms with Crippen molar-refractivity contribution in [3.63, 3.8) is 0 Å². The fourth-order valence-electron chi connectivity index (χ4n) is 11.4. The molecule has 0 aliphatic heterocycles. The lowest BCUT2D eigenvalue weighted by molar-refractivity contribution is -0.143. The number of fused-ring (bicyclic) bond motifs is 12. The quantitative estimate of drug-likeness (QED) is 0.158. The van der Waals surface area contributed by atoms with Crippen molar-refractivity contribution in [1.82, 2.24) is 23.3 Å². The molecule has 5 nitrogen and oxygen atoms in total. The molecule has 11 heteroatoms. The van der Waals surface area contributed by atoms with Gasteiger partial charge in [0, 0.05) is 60.3 Å². The van der Waals surface area contributed by atoms with Gasteiger partial charge in [-0.25, -0.2) is 4.98 Å². The molecule has 1 aliphatic rings. The minimum Gasteiger partial charge on any atom is -0.313 e. The molecule has 8 aromatic carbocycles. The normalized spacial score (nSPS) is 13.2. The zero-order valence-electron chi connectivity index (χ0n) is 38.0. The lowest BCUT2D eigenvalue weighted by atomic mass is 9.99. The molecule has 0 spiro atoms. The average molecular weight is 954 g/mol. The van der Waals surface area contributed by atoms with Crippen LogP contribution in [0.15, 0.2) is 194 Å². The first-order valence-electron chi connectivity index (χ1n) is 23.6. The summed E-state index contributed by atoms with van der Waals surface area (Å²) in [6.07, 6.45) is -3.92. The van der Waals surface area contributed by atoms with Crippen LogP contribution < -0.4 is 0 Å². The zero-order valence-corrected chi connectivity index (χ0v) is 38.0. The second kappa shape index (κ2) is 15.3. The van der Waals surface area contributed by atoms with Gasteiger partial charge in [0.2, 0.25) is 0 Å². The number of hydrogen-bond acceptors (Lipinski definition) is 1. The van der Waals surface area contributed by atoms with Gasteiger partial charge in [-0.05, 0) is 121 Å². The number of halogens is 6. The molecule has 13 aromatic rings. The fourth-order valence-corrected chi connectivity index (χ4v) is 11.4. The molecule has 0 N–H and O–H groups in total. The van der Waals surface area contributed by atoms with Crippen molar-refractivity contribution in [2.24, 2.45) is 0 Å². The summed E-state index contributed by atoms with van der Waals surface area (Å²) in [5.74, 6) is 0.625. The molecule has 1 aliphatic carbocycles. The van der Waals surface area contributed by atoms with Crippen molar-refractivity contribution in [2.45, 2.75) is 25.2 Å². The molecule has 0 amide bonds. The Morgan fingerprint density at radius 1 is 0.361 bits per heavy atom. The maximum atomic E-state index is 14.6. The van der Waals surface area contributed by atoms with E-state index in [0.717, 1.165) is 113 Å². The van der Waals surface area contributed by atoms with Crippen molar-refractivity contribution in [3.8, 4) is 34.1 Å². The van der Waals surface area contributed by atoms with E-state index in [0.29, 0.717) is 11.6 Å². The molecule has 0 bridgehead atoms. The molecule has 0 saturated heterocycles. The van der Waals surface area contributed by atoms with Gasteiger partial charge >= 0.3 is 12.4 Å².